The smallest absolute Gasteiger partial charge is 0.299 e. The molecule has 0 aliphatic carbocycles. The zero-order chi connectivity index (χ0) is 12.3. The van der Waals surface area contributed by atoms with E-state index in [0.29, 0.717) is 5.56 Å². The first-order chi connectivity index (χ1) is 7.28. The molecule has 6 heteroatoms. The molecule has 1 heterocycles. The summed E-state index contributed by atoms with van der Waals surface area (Å²) < 4.78 is 36.8. The van der Waals surface area contributed by atoms with Gasteiger partial charge in [0, 0.05) is 18.5 Å². The lowest BCUT2D eigenvalue weighted by Crippen LogP contribution is -2.17. The predicted molar refractivity (Wildman–Crippen MR) is 51.8 cm³/mol. The van der Waals surface area contributed by atoms with Gasteiger partial charge in [0.25, 0.3) is 0 Å². The number of aromatic nitrogens is 2. The van der Waals surface area contributed by atoms with Crippen LogP contribution in [0, 0.1) is 5.92 Å². The molecule has 90 valence electrons. The molecule has 0 N–H and O–H groups in total. The minimum absolute atomic E-state index is 0.00782. The van der Waals surface area contributed by atoms with Gasteiger partial charge in [0.15, 0.2) is 0 Å². The maximum absolute atomic E-state index is 12.0. The molecular weight excluding hydrogens is 221 g/mol. The van der Waals surface area contributed by atoms with Gasteiger partial charge in [-0.05, 0) is 5.56 Å². The molecule has 0 spiro atoms. The Morgan fingerprint density at radius 3 is 2.62 bits per heavy atom. The van der Waals surface area contributed by atoms with Gasteiger partial charge in [-0.15, -0.1) is 0 Å². The Morgan fingerprint density at radius 1 is 1.50 bits per heavy atom. The number of hydrogen-bond acceptors (Lipinski definition) is 2. The van der Waals surface area contributed by atoms with E-state index in [-0.39, 0.29) is 18.1 Å². The van der Waals surface area contributed by atoms with Crippen molar-refractivity contribution in [3.05, 3.63) is 18.0 Å². The van der Waals surface area contributed by atoms with Crippen LogP contribution in [0.15, 0.2) is 12.4 Å². The quantitative estimate of drug-likeness (QED) is 0.800. The molecule has 0 saturated carbocycles. The van der Waals surface area contributed by atoms with Crippen LogP contribution in [0.2, 0.25) is 0 Å². The summed E-state index contributed by atoms with van der Waals surface area (Å²) in [6, 6.07) is 0. The molecule has 0 radical (unpaired) electrons. The van der Waals surface area contributed by atoms with Crippen molar-refractivity contribution in [1.82, 2.24) is 9.78 Å². The zero-order valence-electron chi connectivity index (χ0n) is 9.08. The highest BCUT2D eigenvalue weighted by Crippen LogP contribution is 2.17. The first-order valence-corrected chi connectivity index (χ1v) is 4.89. The number of rotatable bonds is 4. The average Bonchev–Trinajstić information content (AvgIpc) is 2.49. The van der Waals surface area contributed by atoms with Crippen LogP contribution >= 0.6 is 0 Å². The summed E-state index contributed by atoms with van der Waals surface area (Å²) in [6.07, 6.45) is -1.60. The summed E-state index contributed by atoms with van der Waals surface area (Å²) in [6.45, 7) is 2.38. The van der Waals surface area contributed by atoms with Crippen molar-refractivity contribution in [2.75, 3.05) is 0 Å². The van der Waals surface area contributed by atoms with Crippen molar-refractivity contribution in [3.63, 3.8) is 0 Å². The lowest BCUT2D eigenvalue weighted by atomic mass is 10.0. The van der Waals surface area contributed by atoms with E-state index in [2.05, 4.69) is 5.10 Å². The largest absolute Gasteiger partial charge is 0.408 e. The summed E-state index contributed by atoms with van der Waals surface area (Å²) in [5.74, 6) is -0.127. The first-order valence-electron chi connectivity index (χ1n) is 4.89. The molecule has 0 unspecified atom stereocenters. The SMILES string of the molecule is CC(C)C(=O)Cc1cnn(CC(F)(F)F)c1. The molecule has 0 aliphatic heterocycles. The van der Waals surface area contributed by atoms with Crippen molar-refractivity contribution in [2.45, 2.75) is 33.0 Å². The van der Waals surface area contributed by atoms with Crippen LogP contribution in [-0.2, 0) is 17.8 Å². The average molecular weight is 234 g/mol. The van der Waals surface area contributed by atoms with E-state index in [0.717, 1.165) is 4.68 Å². The number of Topliss-reactive ketones (excluding diaryl/α,β-unsaturated/α-hetero) is 1. The van der Waals surface area contributed by atoms with Crippen LogP contribution in [0.25, 0.3) is 0 Å². The minimum Gasteiger partial charge on any atom is -0.299 e. The summed E-state index contributed by atoms with van der Waals surface area (Å²) in [5, 5.41) is 3.56. The van der Waals surface area contributed by atoms with Crippen molar-refractivity contribution >= 4 is 5.78 Å². The van der Waals surface area contributed by atoms with Crippen molar-refractivity contribution in [3.8, 4) is 0 Å². The maximum atomic E-state index is 12.0. The fourth-order valence-electron chi connectivity index (χ4n) is 1.17. The molecule has 3 nitrogen and oxygen atoms in total. The van der Waals surface area contributed by atoms with E-state index in [4.69, 9.17) is 0 Å². The van der Waals surface area contributed by atoms with Crippen LogP contribution in [0.4, 0.5) is 13.2 Å². The van der Waals surface area contributed by atoms with Gasteiger partial charge < -0.3 is 0 Å². The molecule has 1 aromatic heterocycles. The highest BCUT2D eigenvalue weighted by atomic mass is 19.4. The van der Waals surface area contributed by atoms with Crippen molar-refractivity contribution in [2.24, 2.45) is 5.92 Å². The van der Waals surface area contributed by atoms with Gasteiger partial charge in [-0.25, -0.2) is 0 Å². The van der Waals surface area contributed by atoms with Crippen molar-refractivity contribution in [1.29, 1.82) is 0 Å². The highest BCUT2D eigenvalue weighted by molar-refractivity contribution is 5.82. The molecule has 0 aliphatic rings. The first kappa shape index (κ1) is 12.7. The van der Waals surface area contributed by atoms with Gasteiger partial charge in [-0.1, -0.05) is 13.8 Å². The van der Waals surface area contributed by atoms with Crippen LogP contribution < -0.4 is 0 Å². The normalized spacial score (nSPS) is 12.1. The lowest BCUT2D eigenvalue weighted by molar-refractivity contribution is -0.142. The second-order valence-electron chi connectivity index (χ2n) is 3.96. The Morgan fingerprint density at radius 2 is 2.12 bits per heavy atom. The standard InChI is InChI=1S/C10H13F3N2O/c1-7(2)9(16)3-8-4-14-15(5-8)6-10(11,12)13/h4-5,7H,3,6H2,1-2H3. The Kier molecular flexibility index (Phi) is 3.72. The van der Waals surface area contributed by atoms with E-state index in [1.165, 1.54) is 12.4 Å². The number of hydrogen-bond donors (Lipinski definition) is 0. The molecule has 0 amide bonds. The summed E-state index contributed by atoms with van der Waals surface area (Å²) in [5.41, 5.74) is 0.517. The van der Waals surface area contributed by atoms with Crippen LogP contribution in [0.1, 0.15) is 19.4 Å². The molecule has 0 saturated heterocycles. The Labute approximate surface area is 91.3 Å². The van der Waals surface area contributed by atoms with Gasteiger partial charge in [-0.3, -0.25) is 9.48 Å². The molecule has 0 atom stereocenters. The maximum Gasteiger partial charge on any atom is 0.408 e. The number of halogens is 3. The Bertz CT molecular complexity index is 368. The van der Waals surface area contributed by atoms with Gasteiger partial charge in [-0.2, -0.15) is 18.3 Å². The second kappa shape index (κ2) is 4.67. The van der Waals surface area contributed by atoms with E-state index >= 15 is 0 Å². The minimum atomic E-state index is -4.29. The van der Waals surface area contributed by atoms with Crippen LogP contribution in [0.3, 0.4) is 0 Å². The van der Waals surface area contributed by atoms with Gasteiger partial charge >= 0.3 is 6.18 Å². The van der Waals surface area contributed by atoms with Gasteiger partial charge in [0.05, 0.1) is 6.20 Å². The van der Waals surface area contributed by atoms with E-state index in [1.807, 2.05) is 0 Å². The topological polar surface area (TPSA) is 34.9 Å². The number of carbonyl (C=O) groups excluding carboxylic acids is 1. The Hall–Kier alpha value is -1.33. The molecule has 0 aromatic carbocycles. The monoisotopic (exact) mass is 234 g/mol. The van der Waals surface area contributed by atoms with Gasteiger partial charge in [0.2, 0.25) is 0 Å². The van der Waals surface area contributed by atoms with E-state index in [1.54, 1.807) is 13.8 Å². The molecule has 1 rings (SSSR count). The highest BCUT2D eigenvalue weighted by Gasteiger charge is 2.28. The molecule has 0 bridgehead atoms. The molecule has 1 aromatic rings. The third-order valence-electron chi connectivity index (χ3n) is 2.05. The second-order valence-corrected chi connectivity index (χ2v) is 3.96. The van der Waals surface area contributed by atoms with Crippen molar-refractivity contribution < 1.29 is 18.0 Å². The zero-order valence-corrected chi connectivity index (χ0v) is 9.08. The van der Waals surface area contributed by atoms with Gasteiger partial charge in [0.1, 0.15) is 12.3 Å². The number of ketones is 1. The van der Waals surface area contributed by atoms with E-state index in [9.17, 15) is 18.0 Å². The van der Waals surface area contributed by atoms with E-state index < -0.39 is 12.7 Å². The number of carbonyl (C=O) groups is 1. The third-order valence-corrected chi connectivity index (χ3v) is 2.05. The fourth-order valence-corrected chi connectivity index (χ4v) is 1.17. The number of alkyl halides is 3. The predicted octanol–water partition coefficient (Wildman–Crippen LogP) is 2.21. The van der Waals surface area contributed by atoms with Crippen LogP contribution in [-0.4, -0.2) is 21.7 Å². The third kappa shape index (κ3) is 4.04. The molecule has 16 heavy (non-hydrogen) atoms. The lowest BCUT2D eigenvalue weighted by Gasteiger charge is -2.05. The number of nitrogens with zero attached hydrogens (tertiary/aromatic N) is 2. The Balaban J connectivity index is 2.62. The summed E-state index contributed by atoms with van der Waals surface area (Å²) in [4.78, 5) is 11.3. The molecule has 0 fully saturated rings. The summed E-state index contributed by atoms with van der Waals surface area (Å²) in [7, 11) is 0. The molecular formula is C10H13F3N2O. The fraction of sp³-hybridized carbons (Fsp3) is 0.600. The summed E-state index contributed by atoms with van der Waals surface area (Å²) >= 11 is 0. The van der Waals surface area contributed by atoms with Crippen LogP contribution in [0.5, 0.6) is 0 Å².